The zero-order valence-electron chi connectivity index (χ0n) is 16.8. The predicted octanol–water partition coefficient (Wildman–Crippen LogP) is 3.96. The normalized spacial score (nSPS) is 13.9. The van der Waals surface area contributed by atoms with Crippen LogP contribution in [-0.2, 0) is 0 Å². The molecule has 2 aromatic carbocycles. The largest absolute Gasteiger partial charge is 0.341 e. The number of hydrogen-bond donors (Lipinski definition) is 2. The van der Waals surface area contributed by atoms with E-state index in [1.807, 2.05) is 30.3 Å². The average Bonchev–Trinajstić information content (AvgIpc) is 2.81. The van der Waals surface area contributed by atoms with Crippen LogP contribution in [0.1, 0.15) is 24.8 Å². The Balaban J connectivity index is 1.56. The standard InChI is InChI=1S/C21H22N8O2/c30-29(31)18-11-9-17(10-12-18)23-19-24-20(27-22-15-16-7-3-1-4-8-16)26-21(25-19)28-13-5-2-6-14-28/h1,3-4,7-12,15H,2,5-6,13-14H2,(H2,23,24,25,26,27)/b22-15-. The SMILES string of the molecule is O=[N+]([O-])c1ccc(Nc2nc(N/N=C\c3ccccc3)nc(N3CCCCC3)n2)cc1. The fraction of sp³-hybridized carbons (Fsp3) is 0.238. The van der Waals surface area contributed by atoms with Crippen molar-refractivity contribution in [1.82, 2.24) is 15.0 Å². The molecular weight excluding hydrogens is 396 g/mol. The highest BCUT2D eigenvalue weighted by atomic mass is 16.6. The summed E-state index contributed by atoms with van der Waals surface area (Å²) in [5.41, 5.74) is 4.48. The third-order valence-electron chi connectivity index (χ3n) is 4.77. The van der Waals surface area contributed by atoms with Gasteiger partial charge in [0.1, 0.15) is 0 Å². The first-order chi connectivity index (χ1) is 15.2. The second kappa shape index (κ2) is 9.61. The Morgan fingerprint density at radius 2 is 1.65 bits per heavy atom. The summed E-state index contributed by atoms with van der Waals surface area (Å²) >= 11 is 0. The Morgan fingerprint density at radius 1 is 0.935 bits per heavy atom. The van der Waals surface area contributed by atoms with E-state index in [9.17, 15) is 10.1 Å². The quantitative estimate of drug-likeness (QED) is 0.336. The molecule has 10 nitrogen and oxygen atoms in total. The van der Waals surface area contributed by atoms with Gasteiger partial charge in [0.15, 0.2) is 0 Å². The molecule has 0 unspecified atom stereocenters. The Morgan fingerprint density at radius 3 is 2.35 bits per heavy atom. The molecule has 0 aliphatic carbocycles. The molecule has 1 aromatic heterocycles. The van der Waals surface area contributed by atoms with Crippen molar-refractivity contribution in [2.45, 2.75) is 19.3 Å². The van der Waals surface area contributed by atoms with Crippen molar-refractivity contribution in [1.29, 1.82) is 0 Å². The van der Waals surface area contributed by atoms with E-state index in [2.05, 4.69) is 35.7 Å². The molecule has 0 spiro atoms. The van der Waals surface area contributed by atoms with E-state index >= 15 is 0 Å². The second-order valence-corrected chi connectivity index (χ2v) is 7.04. The first-order valence-corrected chi connectivity index (χ1v) is 10.0. The number of rotatable bonds is 7. The van der Waals surface area contributed by atoms with Gasteiger partial charge in [-0.15, -0.1) is 0 Å². The fourth-order valence-electron chi connectivity index (χ4n) is 3.21. The minimum Gasteiger partial charge on any atom is -0.341 e. The summed E-state index contributed by atoms with van der Waals surface area (Å²) in [5, 5.41) is 18.2. The number of piperidine rings is 1. The smallest absolute Gasteiger partial charge is 0.269 e. The highest BCUT2D eigenvalue weighted by Gasteiger charge is 2.16. The van der Waals surface area contributed by atoms with Gasteiger partial charge in [0, 0.05) is 30.9 Å². The van der Waals surface area contributed by atoms with Crippen molar-refractivity contribution in [2.75, 3.05) is 28.7 Å². The minimum atomic E-state index is -0.437. The molecule has 0 saturated carbocycles. The minimum absolute atomic E-state index is 0.0211. The van der Waals surface area contributed by atoms with E-state index in [4.69, 9.17) is 0 Å². The van der Waals surface area contributed by atoms with Crippen molar-refractivity contribution in [3.63, 3.8) is 0 Å². The molecule has 0 radical (unpaired) electrons. The Bertz CT molecular complexity index is 1050. The monoisotopic (exact) mass is 418 g/mol. The molecule has 2 heterocycles. The second-order valence-electron chi connectivity index (χ2n) is 7.04. The van der Waals surface area contributed by atoms with Crippen LogP contribution in [-0.4, -0.2) is 39.2 Å². The van der Waals surface area contributed by atoms with Crippen LogP contribution in [0.2, 0.25) is 0 Å². The third kappa shape index (κ3) is 5.50. The van der Waals surface area contributed by atoms with E-state index in [0.717, 1.165) is 31.5 Å². The van der Waals surface area contributed by atoms with Gasteiger partial charge in [-0.1, -0.05) is 30.3 Å². The van der Waals surface area contributed by atoms with Crippen LogP contribution in [0.15, 0.2) is 59.7 Å². The number of aromatic nitrogens is 3. The lowest BCUT2D eigenvalue weighted by molar-refractivity contribution is -0.384. The van der Waals surface area contributed by atoms with Crippen LogP contribution < -0.4 is 15.6 Å². The summed E-state index contributed by atoms with van der Waals surface area (Å²) < 4.78 is 0. The van der Waals surface area contributed by atoms with Gasteiger partial charge >= 0.3 is 0 Å². The van der Waals surface area contributed by atoms with Gasteiger partial charge in [-0.25, -0.2) is 5.43 Å². The summed E-state index contributed by atoms with van der Waals surface area (Å²) in [6.07, 6.45) is 5.06. The maximum atomic E-state index is 10.9. The van der Waals surface area contributed by atoms with Crippen molar-refractivity contribution < 1.29 is 4.92 Å². The van der Waals surface area contributed by atoms with Crippen molar-refractivity contribution in [3.8, 4) is 0 Å². The summed E-state index contributed by atoms with van der Waals surface area (Å²) in [4.78, 5) is 26.0. The molecule has 2 N–H and O–H groups in total. The van der Waals surface area contributed by atoms with E-state index in [-0.39, 0.29) is 5.69 Å². The lowest BCUT2D eigenvalue weighted by Crippen LogP contribution is -2.31. The predicted molar refractivity (Wildman–Crippen MR) is 120 cm³/mol. The summed E-state index contributed by atoms with van der Waals surface area (Å²) in [6.45, 7) is 1.77. The number of nitrogens with one attached hydrogen (secondary N) is 2. The molecule has 1 aliphatic rings. The maximum Gasteiger partial charge on any atom is 0.269 e. The van der Waals surface area contributed by atoms with Gasteiger partial charge in [0.05, 0.1) is 11.1 Å². The number of non-ortho nitro benzene ring substituents is 1. The molecule has 3 aromatic rings. The third-order valence-corrected chi connectivity index (χ3v) is 4.77. The molecule has 158 valence electrons. The van der Waals surface area contributed by atoms with Crippen molar-refractivity contribution in [3.05, 3.63) is 70.3 Å². The molecule has 0 bridgehead atoms. The molecular formula is C21H22N8O2. The number of benzene rings is 2. The van der Waals surface area contributed by atoms with Gasteiger partial charge in [-0.3, -0.25) is 10.1 Å². The number of nitrogens with zero attached hydrogens (tertiary/aromatic N) is 6. The molecule has 1 fully saturated rings. The number of hydrogen-bond acceptors (Lipinski definition) is 9. The van der Waals surface area contributed by atoms with Crippen LogP contribution in [0.25, 0.3) is 0 Å². The van der Waals surface area contributed by atoms with Crippen LogP contribution >= 0.6 is 0 Å². The van der Waals surface area contributed by atoms with E-state index in [0.29, 0.717) is 23.5 Å². The zero-order chi connectivity index (χ0) is 21.5. The highest BCUT2D eigenvalue weighted by molar-refractivity contribution is 5.79. The van der Waals surface area contributed by atoms with Gasteiger partial charge in [0.25, 0.3) is 5.69 Å². The van der Waals surface area contributed by atoms with Gasteiger partial charge in [0.2, 0.25) is 17.8 Å². The number of anilines is 4. The van der Waals surface area contributed by atoms with Crippen LogP contribution in [0.3, 0.4) is 0 Å². The zero-order valence-corrected chi connectivity index (χ0v) is 16.8. The summed E-state index contributed by atoms with van der Waals surface area (Å²) in [7, 11) is 0. The lowest BCUT2D eigenvalue weighted by Gasteiger charge is -2.26. The van der Waals surface area contributed by atoms with Crippen molar-refractivity contribution in [2.24, 2.45) is 5.10 Å². The number of nitro benzene ring substituents is 1. The number of hydrazone groups is 1. The topological polar surface area (TPSA) is 121 Å². The molecule has 1 aliphatic heterocycles. The molecule has 10 heteroatoms. The number of nitro groups is 1. The highest BCUT2D eigenvalue weighted by Crippen LogP contribution is 2.22. The molecule has 0 amide bonds. The Kier molecular flexibility index (Phi) is 6.26. The Hall–Kier alpha value is -4.08. The van der Waals surface area contributed by atoms with Gasteiger partial charge < -0.3 is 10.2 Å². The fourth-order valence-corrected chi connectivity index (χ4v) is 3.21. The maximum absolute atomic E-state index is 10.9. The van der Waals surface area contributed by atoms with Crippen LogP contribution in [0.4, 0.5) is 29.2 Å². The van der Waals surface area contributed by atoms with Crippen LogP contribution in [0, 0.1) is 10.1 Å². The molecule has 31 heavy (non-hydrogen) atoms. The molecule has 1 saturated heterocycles. The summed E-state index contributed by atoms with van der Waals surface area (Å²) in [5.74, 6) is 1.21. The van der Waals surface area contributed by atoms with E-state index < -0.39 is 4.92 Å². The first-order valence-electron chi connectivity index (χ1n) is 10.0. The lowest BCUT2D eigenvalue weighted by atomic mass is 10.1. The first kappa shape index (κ1) is 20.2. The van der Waals surface area contributed by atoms with E-state index in [1.165, 1.54) is 18.6 Å². The van der Waals surface area contributed by atoms with E-state index in [1.54, 1.807) is 18.3 Å². The molecule has 0 atom stereocenters. The van der Waals surface area contributed by atoms with Gasteiger partial charge in [-0.05, 0) is 37.0 Å². The summed E-state index contributed by atoms with van der Waals surface area (Å²) in [6, 6.07) is 15.8. The Labute approximate surface area is 179 Å². The van der Waals surface area contributed by atoms with Crippen molar-refractivity contribution >= 4 is 35.4 Å². The van der Waals surface area contributed by atoms with Gasteiger partial charge in [-0.2, -0.15) is 20.1 Å². The average molecular weight is 418 g/mol. The van der Waals surface area contributed by atoms with Crippen LogP contribution in [0.5, 0.6) is 0 Å². The molecule has 4 rings (SSSR count).